The Bertz CT molecular complexity index is 288. The summed E-state index contributed by atoms with van der Waals surface area (Å²) < 4.78 is 5.72. The quantitative estimate of drug-likeness (QED) is 0.834. The van der Waals surface area contributed by atoms with Crippen LogP contribution >= 0.6 is 11.3 Å². The van der Waals surface area contributed by atoms with Crippen molar-refractivity contribution in [3.63, 3.8) is 0 Å². The van der Waals surface area contributed by atoms with Crippen LogP contribution in [-0.2, 0) is 17.9 Å². The van der Waals surface area contributed by atoms with Gasteiger partial charge in [-0.25, -0.2) is 0 Å². The van der Waals surface area contributed by atoms with Crippen molar-refractivity contribution in [2.24, 2.45) is 0 Å². The molecule has 1 heterocycles. The number of rotatable bonds is 5. The maximum atomic E-state index is 5.72. The summed E-state index contributed by atoms with van der Waals surface area (Å²) in [4.78, 5) is 2.68. The van der Waals surface area contributed by atoms with Gasteiger partial charge in [-0.05, 0) is 39.4 Å². The summed E-state index contributed by atoms with van der Waals surface area (Å²) in [5.41, 5.74) is -0.0498. The van der Waals surface area contributed by atoms with Crippen LogP contribution in [0.5, 0.6) is 0 Å². The maximum absolute atomic E-state index is 5.72. The van der Waals surface area contributed by atoms with Crippen LogP contribution in [0.4, 0.5) is 0 Å². The van der Waals surface area contributed by atoms with E-state index in [1.54, 1.807) is 0 Å². The van der Waals surface area contributed by atoms with E-state index in [0.29, 0.717) is 0 Å². The SMILES string of the molecule is CCNCc1ccc(COC(C)(C)C)s1. The molecule has 0 bridgehead atoms. The fourth-order valence-electron chi connectivity index (χ4n) is 1.13. The zero-order valence-electron chi connectivity index (χ0n) is 10.1. The number of hydrogen-bond donors (Lipinski definition) is 1. The Morgan fingerprint density at radius 3 is 2.53 bits per heavy atom. The molecule has 2 nitrogen and oxygen atoms in total. The molecule has 0 aromatic carbocycles. The molecule has 0 atom stereocenters. The maximum Gasteiger partial charge on any atom is 0.0816 e. The van der Waals surface area contributed by atoms with Crippen LogP contribution in [0, 0.1) is 0 Å². The smallest absolute Gasteiger partial charge is 0.0816 e. The van der Waals surface area contributed by atoms with Crippen molar-refractivity contribution in [1.29, 1.82) is 0 Å². The van der Waals surface area contributed by atoms with Gasteiger partial charge in [0.05, 0.1) is 12.2 Å². The Kier molecular flexibility index (Phi) is 4.77. The summed E-state index contributed by atoms with van der Waals surface area (Å²) >= 11 is 1.83. The van der Waals surface area contributed by atoms with Gasteiger partial charge < -0.3 is 10.1 Å². The van der Waals surface area contributed by atoms with Crippen molar-refractivity contribution in [1.82, 2.24) is 5.32 Å². The lowest BCUT2D eigenvalue weighted by atomic mass is 10.2. The minimum absolute atomic E-state index is 0.0498. The molecule has 86 valence electrons. The van der Waals surface area contributed by atoms with Crippen LogP contribution in [0.3, 0.4) is 0 Å². The van der Waals surface area contributed by atoms with E-state index in [0.717, 1.165) is 19.7 Å². The van der Waals surface area contributed by atoms with Gasteiger partial charge in [0.1, 0.15) is 0 Å². The summed E-state index contributed by atoms with van der Waals surface area (Å²) in [7, 11) is 0. The molecule has 3 heteroatoms. The molecule has 0 saturated carbocycles. The van der Waals surface area contributed by atoms with Crippen molar-refractivity contribution in [3.8, 4) is 0 Å². The average Bonchev–Trinajstić information content (AvgIpc) is 2.58. The lowest BCUT2D eigenvalue weighted by Crippen LogP contribution is -2.18. The zero-order valence-corrected chi connectivity index (χ0v) is 10.9. The molecule has 0 saturated heterocycles. The minimum atomic E-state index is -0.0498. The van der Waals surface area contributed by atoms with E-state index in [4.69, 9.17) is 4.74 Å². The Balaban J connectivity index is 2.39. The summed E-state index contributed by atoms with van der Waals surface area (Å²) in [5.74, 6) is 0. The summed E-state index contributed by atoms with van der Waals surface area (Å²) in [5, 5.41) is 3.32. The van der Waals surface area contributed by atoms with Crippen LogP contribution in [0.2, 0.25) is 0 Å². The van der Waals surface area contributed by atoms with Crippen molar-refractivity contribution < 1.29 is 4.74 Å². The predicted molar refractivity (Wildman–Crippen MR) is 66.2 cm³/mol. The van der Waals surface area contributed by atoms with E-state index in [2.05, 4.69) is 45.1 Å². The molecule has 0 fully saturated rings. The molecule has 0 amide bonds. The highest BCUT2D eigenvalue weighted by molar-refractivity contribution is 7.11. The first kappa shape index (κ1) is 12.7. The standard InChI is InChI=1S/C12H21NOS/c1-5-13-8-10-6-7-11(15-10)9-14-12(2,3)4/h6-7,13H,5,8-9H2,1-4H3. The molecule has 0 aliphatic heterocycles. The van der Waals surface area contributed by atoms with E-state index in [1.807, 2.05) is 11.3 Å². The van der Waals surface area contributed by atoms with Crippen LogP contribution in [-0.4, -0.2) is 12.1 Å². The van der Waals surface area contributed by atoms with Crippen molar-refractivity contribution >= 4 is 11.3 Å². The third-order valence-corrected chi connectivity index (χ3v) is 2.97. The van der Waals surface area contributed by atoms with Crippen molar-refractivity contribution in [3.05, 3.63) is 21.9 Å². The van der Waals surface area contributed by atoms with Crippen molar-refractivity contribution in [2.45, 2.75) is 46.4 Å². The first-order valence-corrected chi connectivity index (χ1v) is 6.25. The van der Waals surface area contributed by atoms with Crippen LogP contribution in [0.25, 0.3) is 0 Å². The molecule has 0 spiro atoms. The number of thiophene rings is 1. The second-order valence-corrected chi connectivity index (χ2v) is 5.80. The first-order valence-electron chi connectivity index (χ1n) is 5.43. The van der Waals surface area contributed by atoms with E-state index in [-0.39, 0.29) is 5.60 Å². The van der Waals surface area contributed by atoms with E-state index in [1.165, 1.54) is 9.75 Å². The molecule has 1 rings (SSSR count). The van der Waals surface area contributed by atoms with Crippen molar-refractivity contribution in [2.75, 3.05) is 6.54 Å². The molecule has 1 N–H and O–H groups in total. The predicted octanol–water partition coefficient (Wildman–Crippen LogP) is 3.17. The first-order chi connectivity index (χ1) is 7.01. The van der Waals surface area contributed by atoms with Gasteiger partial charge in [0, 0.05) is 16.3 Å². The van der Waals surface area contributed by atoms with E-state index in [9.17, 15) is 0 Å². The molecular weight excluding hydrogens is 206 g/mol. The van der Waals surface area contributed by atoms with Gasteiger partial charge in [-0.2, -0.15) is 0 Å². The largest absolute Gasteiger partial charge is 0.370 e. The van der Waals surface area contributed by atoms with Gasteiger partial charge in [-0.15, -0.1) is 11.3 Å². The van der Waals surface area contributed by atoms with Crippen LogP contribution in [0.1, 0.15) is 37.4 Å². The minimum Gasteiger partial charge on any atom is -0.370 e. The van der Waals surface area contributed by atoms with Crippen LogP contribution < -0.4 is 5.32 Å². The Labute approximate surface area is 96.7 Å². The van der Waals surface area contributed by atoms with Gasteiger partial charge in [0.25, 0.3) is 0 Å². The summed E-state index contributed by atoms with van der Waals surface area (Å²) in [6, 6.07) is 4.33. The highest BCUT2D eigenvalue weighted by Gasteiger charge is 2.10. The zero-order chi connectivity index (χ0) is 11.3. The molecular formula is C12H21NOS. The topological polar surface area (TPSA) is 21.3 Å². The summed E-state index contributed by atoms with van der Waals surface area (Å²) in [6.07, 6.45) is 0. The summed E-state index contributed by atoms with van der Waals surface area (Å²) in [6.45, 7) is 11.1. The number of hydrogen-bond acceptors (Lipinski definition) is 3. The fourth-order valence-corrected chi connectivity index (χ4v) is 2.03. The van der Waals surface area contributed by atoms with Gasteiger partial charge >= 0.3 is 0 Å². The molecule has 0 radical (unpaired) electrons. The third kappa shape index (κ3) is 5.30. The van der Waals surface area contributed by atoms with Crippen LogP contribution in [0.15, 0.2) is 12.1 Å². The monoisotopic (exact) mass is 227 g/mol. The Hall–Kier alpha value is -0.380. The third-order valence-electron chi connectivity index (χ3n) is 1.91. The molecule has 1 aromatic rings. The van der Waals surface area contributed by atoms with Gasteiger partial charge in [0.15, 0.2) is 0 Å². The van der Waals surface area contributed by atoms with Gasteiger partial charge in [-0.3, -0.25) is 0 Å². The van der Waals surface area contributed by atoms with E-state index >= 15 is 0 Å². The lowest BCUT2D eigenvalue weighted by molar-refractivity contribution is -0.0136. The second kappa shape index (κ2) is 5.64. The molecule has 0 unspecified atom stereocenters. The Morgan fingerprint density at radius 2 is 1.93 bits per heavy atom. The lowest BCUT2D eigenvalue weighted by Gasteiger charge is -2.18. The van der Waals surface area contributed by atoms with E-state index < -0.39 is 0 Å². The number of nitrogens with one attached hydrogen (secondary N) is 1. The molecule has 1 aromatic heterocycles. The second-order valence-electron chi connectivity index (χ2n) is 4.55. The highest BCUT2D eigenvalue weighted by atomic mass is 32.1. The number of ether oxygens (including phenoxy) is 1. The normalized spacial score (nSPS) is 12.0. The van der Waals surface area contributed by atoms with Gasteiger partial charge in [-0.1, -0.05) is 6.92 Å². The highest BCUT2D eigenvalue weighted by Crippen LogP contribution is 2.19. The molecule has 0 aliphatic carbocycles. The Morgan fingerprint density at radius 1 is 1.27 bits per heavy atom. The fraction of sp³-hybridized carbons (Fsp3) is 0.667. The van der Waals surface area contributed by atoms with Gasteiger partial charge in [0.2, 0.25) is 0 Å². The molecule has 15 heavy (non-hydrogen) atoms. The average molecular weight is 227 g/mol. The molecule has 0 aliphatic rings.